The maximum absolute atomic E-state index is 12.9. The highest BCUT2D eigenvalue weighted by atomic mass is 32.2. The molecule has 118 valence electrons. The van der Waals surface area contributed by atoms with Crippen molar-refractivity contribution in [2.45, 2.75) is 36.6 Å². The Kier molecular flexibility index (Phi) is 4.25. The minimum Gasteiger partial charge on any atom is -0.497 e. The maximum atomic E-state index is 12.9. The lowest BCUT2D eigenvalue weighted by Crippen LogP contribution is -2.32. The lowest BCUT2D eigenvalue weighted by atomic mass is 10.2. The van der Waals surface area contributed by atoms with E-state index in [9.17, 15) is 8.42 Å². The van der Waals surface area contributed by atoms with Crippen molar-refractivity contribution < 1.29 is 13.2 Å². The van der Waals surface area contributed by atoms with E-state index < -0.39 is 10.0 Å². The molecule has 3 rings (SSSR count). The highest BCUT2D eigenvalue weighted by molar-refractivity contribution is 7.91. The van der Waals surface area contributed by atoms with Gasteiger partial charge in [0.1, 0.15) is 9.96 Å². The molecule has 22 heavy (non-hydrogen) atoms. The summed E-state index contributed by atoms with van der Waals surface area (Å²) in [5, 5.41) is 0. The second kappa shape index (κ2) is 6.02. The van der Waals surface area contributed by atoms with Gasteiger partial charge in [-0.2, -0.15) is 4.31 Å². The van der Waals surface area contributed by atoms with Gasteiger partial charge in [0.05, 0.1) is 7.11 Å². The number of methoxy groups -OCH3 is 1. The summed E-state index contributed by atoms with van der Waals surface area (Å²) in [7, 11) is -1.79. The molecule has 0 saturated heterocycles. The van der Waals surface area contributed by atoms with Crippen LogP contribution in [0.15, 0.2) is 40.6 Å². The third-order valence-corrected chi connectivity index (χ3v) is 7.10. The fourth-order valence-electron chi connectivity index (χ4n) is 2.35. The van der Waals surface area contributed by atoms with Crippen LogP contribution in [0.25, 0.3) is 0 Å². The van der Waals surface area contributed by atoms with E-state index in [0.29, 0.717) is 10.8 Å². The van der Waals surface area contributed by atoms with Crippen LogP contribution in [0.4, 0.5) is 0 Å². The van der Waals surface area contributed by atoms with Crippen molar-refractivity contribution in [3.05, 3.63) is 46.8 Å². The number of benzene rings is 1. The topological polar surface area (TPSA) is 46.6 Å². The molecule has 0 N–H and O–H groups in total. The quantitative estimate of drug-likeness (QED) is 0.811. The second-order valence-corrected chi connectivity index (χ2v) is 8.90. The molecular weight excluding hydrogens is 318 g/mol. The molecule has 1 heterocycles. The largest absolute Gasteiger partial charge is 0.497 e. The van der Waals surface area contributed by atoms with Gasteiger partial charge in [0, 0.05) is 17.5 Å². The highest BCUT2D eigenvalue weighted by Gasteiger charge is 2.38. The summed E-state index contributed by atoms with van der Waals surface area (Å²) in [4.78, 5) is 1.01. The van der Waals surface area contributed by atoms with Gasteiger partial charge in [0.15, 0.2) is 0 Å². The van der Waals surface area contributed by atoms with Crippen molar-refractivity contribution in [1.29, 1.82) is 0 Å². The summed E-state index contributed by atoms with van der Waals surface area (Å²) in [6.45, 7) is 2.34. The van der Waals surface area contributed by atoms with Gasteiger partial charge >= 0.3 is 0 Å². The van der Waals surface area contributed by atoms with Crippen LogP contribution < -0.4 is 4.74 Å². The van der Waals surface area contributed by atoms with Crippen LogP contribution in [-0.2, 0) is 16.6 Å². The summed E-state index contributed by atoms with van der Waals surface area (Å²) in [5.41, 5.74) is 0.976. The molecule has 0 radical (unpaired) electrons. The molecule has 6 heteroatoms. The standard InChI is InChI=1S/C16H19NO3S2/c1-12-3-10-16(21-12)22(18,19)17(14-6-7-14)11-13-4-8-15(20-2)9-5-13/h3-5,8-10,14H,6-7,11H2,1-2H3. The van der Waals surface area contributed by atoms with Gasteiger partial charge in [-0.3, -0.25) is 0 Å². The average Bonchev–Trinajstić information content (AvgIpc) is 3.25. The van der Waals surface area contributed by atoms with Crippen LogP contribution >= 0.6 is 11.3 Å². The molecule has 4 nitrogen and oxygen atoms in total. The smallest absolute Gasteiger partial charge is 0.253 e. The zero-order valence-corrected chi connectivity index (χ0v) is 14.3. The zero-order chi connectivity index (χ0) is 15.7. The van der Waals surface area contributed by atoms with Gasteiger partial charge < -0.3 is 4.74 Å². The molecule has 1 saturated carbocycles. The van der Waals surface area contributed by atoms with E-state index in [1.807, 2.05) is 37.3 Å². The third kappa shape index (κ3) is 3.19. The number of hydrogen-bond acceptors (Lipinski definition) is 4. The van der Waals surface area contributed by atoms with E-state index in [1.54, 1.807) is 17.5 Å². The first kappa shape index (κ1) is 15.5. The minimum absolute atomic E-state index is 0.134. The fraction of sp³-hybridized carbons (Fsp3) is 0.375. The lowest BCUT2D eigenvalue weighted by molar-refractivity contribution is 0.398. The number of thiophene rings is 1. The van der Waals surface area contributed by atoms with E-state index >= 15 is 0 Å². The van der Waals surface area contributed by atoms with Crippen molar-refractivity contribution >= 4 is 21.4 Å². The first-order valence-corrected chi connectivity index (χ1v) is 9.47. The van der Waals surface area contributed by atoms with Crippen molar-refractivity contribution in [3.8, 4) is 5.75 Å². The van der Waals surface area contributed by atoms with Crippen LogP contribution in [-0.4, -0.2) is 25.9 Å². The first-order chi connectivity index (χ1) is 10.5. The third-order valence-electron chi connectivity index (χ3n) is 3.73. The Morgan fingerprint density at radius 1 is 1.18 bits per heavy atom. The van der Waals surface area contributed by atoms with Crippen molar-refractivity contribution in [2.75, 3.05) is 7.11 Å². The van der Waals surface area contributed by atoms with Gasteiger partial charge in [-0.15, -0.1) is 11.3 Å². The highest BCUT2D eigenvalue weighted by Crippen LogP contribution is 2.35. The lowest BCUT2D eigenvalue weighted by Gasteiger charge is -2.21. The molecule has 0 unspecified atom stereocenters. The Bertz CT molecular complexity index is 746. The van der Waals surface area contributed by atoms with E-state index in [0.717, 1.165) is 29.0 Å². The summed E-state index contributed by atoms with van der Waals surface area (Å²) >= 11 is 1.34. The molecule has 0 amide bonds. The number of rotatable bonds is 6. The Labute approximate surface area is 135 Å². The predicted molar refractivity (Wildman–Crippen MR) is 87.8 cm³/mol. The molecular formula is C16H19NO3S2. The summed E-state index contributed by atoms with van der Waals surface area (Å²) in [6, 6.07) is 11.3. The van der Waals surface area contributed by atoms with E-state index in [2.05, 4.69) is 0 Å². The number of aryl methyl sites for hydroxylation is 1. The summed E-state index contributed by atoms with van der Waals surface area (Å²) in [6.07, 6.45) is 1.89. The predicted octanol–water partition coefficient (Wildman–Crippen LogP) is 3.42. The second-order valence-electron chi connectivity index (χ2n) is 5.49. The number of sulfonamides is 1. The number of nitrogens with zero attached hydrogens (tertiary/aromatic N) is 1. The normalized spacial score (nSPS) is 15.2. The zero-order valence-electron chi connectivity index (χ0n) is 12.7. The Hall–Kier alpha value is -1.37. The van der Waals surface area contributed by atoms with Crippen molar-refractivity contribution in [3.63, 3.8) is 0 Å². The summed E-state index contributed by atoms with van der Waals surface area (Å²) < 4.78 is 33.0. The molecule has 1 aromatic carbocycles. The van der Waals surface area contributed by atoms with Crippen LogP contribution in [0.2, 0.25) is 0 Å². The van der Waals surface area contributed by atoms with Crippen LogP contribution in [0.5, 0.6) is 5.75 Å². The fourth-order valence-corrected chi connectivity index (χ4v) is 5.44. The summed E-state index contributed by atoms with van der Waals surface area (Å²) in [5.74, 6) is 0.776. The van der Waals surface area contributed by atoms with Gasteiger partial charge in [-0.05, 0) is 49.6 Å². The van der Waals surface area contributed by atoms with Gasteiger partial charge in [0.2, 0.25) is 0 Å². The van der Waals surface area contributed by atoms with E-state index in [4.69, 9.17) is 4.74 Å². The molecule has 0 bridgehead atoms. The SMILES string of the molecule is COc1ccc(CN(C2CC2)S(=O)(=O)c2ccc(C)s2)cc1. The van der Waals surface area contributed by atoms with Crippen LogP contribution in [0.3, 0.4) is 0 Å². The molecule has 0 spiro atoms. The van der Waals surface area contributed by atoms with Crippen LogP contribution in [0.1, 0.15) is 23.3 Å². The molecule has 2 aromatic rings. The molecule has 1 aliphatic carbocycles. The van der Waals surface area contributed by atoms with Crippen molar-refractivity contribution in [1.82, 2.24) is 4.31 Å². The number of ether oxygens (including phenoxy) is 1. The molecule has 1 fully saturated rings. The van der Waals surface area contributed by atoms with Crippen molar-refractivity contribution in [2.24, 2.45) is 0 Å². The first-order valence-electron chi connectivity index (χ1n) is 7.22. The molecule has 1 aromatic heterocycles. The molecule has 1 aliphatic rings. The van der Waals surface area contributed by atoms with E-state index in [1.165, 1.54) is 11.3 Å². The Morgan fingerprint density at radius 3 is 2.36 bits per heavy atom. The minimum atomic E-state index is -3.41. The Morgan fingerprint density at radius 2 is 1.86 bits per heavy atom. The van der Waals surface area contributed by atoms with Gasteiger partial charge in [0.25, 0.3) is 10.0 Å². The maximum Gasteiger partial charge on any atom is 0.253 e. The average molecular weight is 337 g/mol. The van der Waals surface area contributed by atoms with E-state index in [-0.39, 0.29) is 6.04 Å². The molecule has 0 aliphatic heterocycles. The Balaban J connectivity index is 1.86. The van der Waals surface area contributed by atoms with Crippen LogP contribution in [0, 0.1) is 6.92 Å². The van der Waals surface area contributed by atoms with Gasteiger partial charge in [-0.1, -0.05) is 12.1 Å². The monoisotopic (exact) mass is 337 g/mol. The number of hydrogen-bond donors (Lipinski definition) is 0. The van der Waals surface area contributed by atoms with Gasteiger partial charge in [-0.25, -0.2) is 8.42 Å². The molecule has 0 atom stereocenters.